The van der Waals surface area contributed by atoms with Crippen LogP contribution in [0.15, 0.2) is 36.5 Å². The summed E-state index contributed by atoms with van der Waals surface area (Å²) in [5.74, 6) is 0.225. The van der Waals surface area contributed by atoms with Crippen LogP contribution < -0.4 is 0 Å². The van der Waals surface area contributed by atoms with Crippen LogP contribution in [0.3, 0.4) is 0 Å². The highest BCUT2D eigenvalue weighted by Crippen LogP contribution is 2.34. The molecule has 28 heavy (non-hydrogen) atoms. The molecule has 1 fully saturated rings. The summed E-state index contributed by atoms with van der Waals surface area (Å²) in [6.07, 6.45) is 2.25. The maximum Gasteiger partial charge on any atom is 0.227 e. The summed E-state index contributed by atoms with van der Waals surface area (Å²) in [5.41, 5.74) is 6.75. The van der Waals surface area contributed by atoms with Crippen LogP contribution in [0.2, 0.25) is 0 Å². The molecule has 5 rings (SSSR count). The Kier molecular flexibility index (Phi) is 3.75. The van der Waals surface area contributed by atoms with Crippen molar-refractivity contribution in [3.05, 3.63) is 53.2 Å². The predicted molar refractivity (Wildman–Crippen MR) is 107 cm³/mol. The van der Waals surface area contributed by atoms with E-state index in [0.29, 0.717) is 26.1 Å². The van der Waals surface area contributed by atoms with Gasteiger partial charge >= 0.3 is 0 Å². The van der Waals surface area contributed by atoms with E-state index in [1.165, 1.54) is 11.1 Å². The molecule has 0 bridgehead atoms. The summed E-state index contributed by atoms with van der Waals surface area (Å²) in [4.78, 5) is 27.9. The van der Waals surface area contributed by atoms with Crippen LogP contribution in [0, 0.1) is 6.92 Å². The van der Waals surface area contributed by atoms with Crippen molar-refractivity contribution in [1.29, 1.82) is 0 Å². The predicted octanol–water partition coefficient (Wildman–Crippen LogP) is 2.65. The van der Waals surface area contributed by atoms with Crippen molar-refractivity contribution < 1.29 is 9.59 Å². The standard InChI is InChI=1S/C22H22N4O2/c1-13-3-4-16-9-23-24-22(16)21(13)15-5-6-17-10-26(20(28)8-18(17)7-15)19-11-25(12-19)14(2)27/h3-7,9,19H,8,10-12H2,1-2H3,(H,23,24). The fourth-order valence-corrected chi connectivity index (χ4v) is 4.37. The molecule has 2 aliphatic heterocycles. The number of nitrogens with zero attached hydrogens (tertiary/aromatic N) is 3. The van der Waals surface area contributed by atoms with E-state index in [9.17, 15) is 9.59 Å². The number of hydrogen-bond acceptors (Lipinski definition) is 3. The zero-order valence-electron chi connectivity index (χ0n) is 16.0. The molecule has 6 nitrogen and oxygen atoms in total. The molecule has 1 aromatic heterocycles. The van der Waals surface area contributed by atoms with Crippen molar-refractivity contribution in [2.45, 2.75) is 32.9 Å². The third-order valence-electron chi connectivity index (χ3n) is 6.07. The highest BCUT2D eigenvalue weighted by atomic mass is 16.2. The van der Waals surface area contributed by atoms with E-state index in [1.807, 2.05) is 11.1 Å². The van der Waals surface area contributed by atoms with Gasteiger partial charge in [0.1, 0.15) is 0 Å². The van der Waals surface area contributed by atoms with E-state index in [4.69, 9.17) is 0 Å². The zero-order valence-corrected chi connectivity index (χ0v) is 16.0. The van der Waals surface area contributed by atoms with Crippen LogP contribution in [0.4, 0.5) is 0 Å². The normalized spacial score (nSPS) is 17.0. The van der Waals surface area contributed by atoms with Crippen LogP contribution in [0.25, 0.3) is 22.0 Å². The van der Waals surface area contributed by atoms with E-state index < -0.39 is 0 Å². The van der Waals surface area contributed by atoms with Crippen LogP contribution in [-0.2, 0) is 22.6 Å². The fraction of sp³-hybridized carbons (Fsp3) is 0.318. The first-order chi connectivity index (χ1) is 13.5. The molecule has 3 heterocycles. The van der Waals surface area contributed by atoms with Crippen LogP contribution in [0.1, 0.15) is 23.6 Å². The Morgan fingerprint density at radius 3 is 2.79 bits per heavy atom. The maximum atomic E-state index is 12.8. The number of carbonyl (C=O) groups excluding carboxylic acids is 2. The SMILES string of the molecule is CC(=O)N1CC(N2Cc3ccc(-c4c(C)ccc5cn[nH]c45)cc3CC2=O)C1. The van der Waals surface area contributed by atoms with Gasteiger partial charge in [-0.05, 0) is 29.2 Å². The Morgan fingerprint density at radius 2 is 2.00 bits per heavy atom. The van der Waals surface area contributed by atoms with Crippen molar-refractivity contribution in [3.63, 3.8) is 0 Å². The number of fused-ring (bicyclic) bond motifs is 2. The van der Waals surface area contributed by atoms with E-state index >= 15 is 0 Å². The van der Waals surface area contributed by atoms with E-state index in [1.54, 1.807) is 11.8 Å². The summed E-state index contributed by atoms with van der Waals surface area (Å²) in [7, 11) is 0. The number of likely N-dealkylation sites (tertiary alicyclic amines) is 1. The molecular formula is C22H22N4O2. The second-order valence-corrected chi connectivity index (χ2v) is 7.85. The van der Waals surface area contributed by atoms with Gasteiger partial charge in [0.05, 0.1) is 24.2 Å². The second kappa shape index (κ2) is 6.19. The molecule has 2 aromatic carbocycles. The number of amides is 2. The highest BCUT2D eigenvalue weighted by Gasteiger charge is 2.37. The molecule has 0 unspecified atom stereocenters. The van der Waals surface area contributed by atoms with Gasteiger partial charge in [0.2, 0.25) is 11.8 Å². The van der Waals surface area contributed by atoms with Gasteiger partial charge in [0.15, 0.2) is 0 Å². The number of aromatic amines is 1. The lowest BCUT2D eigenvalue weighted by atomic mass is 9.90. The first kappa shape index (κ1) is 17.0. The van der Waals surface area contributed by atoms with Crippen molar-refractivity contribution in [2.24, 2.45) is 0 Å². The van der Waals surface area contributed by atoms with Gasteiger partial charge < -0.3 is 9.80 Å². The number of hydrogen-bond donors (Lipinski definition) is 1. The first-order valence-corrected chi connectivity index (χ1v) is 9.61. The number of H-pyrrole nitrogens is 1. The minimum Gasteiger partial charge on any atom is -0.339 e. The molecule has 0 aliphatic carbocycles. The third kappa shape index (κ3) is 2.59. The quantitative estimate of drug-likeness (QED) is 0.750. The Labute approximate surface area is 163 Å². The molecule has 1 saturated heterocycles. The lowest BCUT2D eigenvalue weighted by Crippen LogP contribution is -2.62. The Morgan fingerprint density at radius 1 is 1.18 bits per heavy atom. The average Bonchev–Trinajstić information content (AvgIpc) is 3.08. The van der Waals surface area contributed by atoms with Crippen LogP contribution >= 0.6 is 0 Å². The van der Waals surface area contributed by atoms with Crippen molar-refractivity contribution >= 4 is 22.7 Å². The summed E-state index contributed by atoms with van der Waals surface area (Å²) in [6.45, 7) is 5.59. The minimum absolute atomic E-state index is 0.0779. The third-order valence-corrected chi connectivity index (χ3v) is 6.07. The van der Waals surface area contributed by atoms with Gasteiger partial charge in [-0.2, -0.15) is 5.10 Å². The lowest BCUT2D eigenvalue weighted by Gasteiger charge is -2.46. The molecule has 3 aromatic rings. The largest absolute Gasteiger partial charge is 0.339 e. The fourth-order valence-electron chi connectivity index (χ4n) is 4.37. The number of rotatable bonds is 2. The van der Waals surface area contributed by atoms with Gasteiger partial charge in [-0.15, -0.1) is 0 Å². The van der Waals surface area contributed by atoms with Crippen molar-refractivity contribution in [1.82, 2.24) is 20.0 Å². The zero-order chi connectivity index (χ0) is 19.4. The molecule has 6 heteroatoms. The van der Waals surface area contributed by atoms with Gasteiger partial charge in [-0.1, -0.05) is 30.3 Å². The van der Waals surface area contributed by atoms with E-state index in [-0.39, 0.29) is 17.9 Å². The number of aromatic nitrogens is 2. The van der Waals surface area contributed by atoms with Gasteiger partial charge in [0.25, 0.3) is 0 Å². The Balaban J connectivity index is 1.45. The Bertz CT molecular complexity index is 1110. The summed E-state index contributed by atoms with van der Waals surface area (Å²) >= 11 is 0. The monoisotopic (exact) mass is 374 g/mol. The smallest absolute Gasteiger partial charge is 0.227 e. The number of nitrogens with one attached hydrogen (secondary N) is 1. The molecule has 0 atom stereocenters. The molecule has 1 N–H and O–H groups in total. The molecule has 0 spiro atoms. The Hall–Kier alpha value is -3.15. The summed E-state index contributed by atoms with van der Waals surface area (Å²) in [6, 6.07) is 10.7. The number of aryl methyl sites for hydroxylation is 1. The first-order valence-electron chi connectivity index (χ1n) is 9.61. The van der Waals surface area contributed by atoms with Crippen molar-refractivity contribution in [2.75, 3.05) is 13.1 Å². The summed E-state index contributed by atoms with van der Waals surface area (Å²) in [5, 5.41) is 8.37. The van der Waals surface area contributed by atoms with Crippen molar-refractivity contribution in [3.8, 4) is 11.1 Å². The second-order valence-electron chi connectivity index (χ2n) is 7.85. The van der Waals surface area contributed by atoms with Crippen LogP contribution in [-0.4, -0.2) is 50.9 Å². The van der Waals surface area contributed by atoms with Gasteiger partial charge in [-0.25, -0.2) is 0 Å². The molecule has 0 saturated carbocycles. The average molecular weight is 374 g/mol. The lowest BCUT2D eigenvalue weighted by molar-refractivity contribution is -0.146. The highest BCUT2D eigenvalue weighted by molar-refractivity contribution is 5.95. The molecule has 142 valence electrons. The minimum atomic E-state index is 0.0779. The number of benzene rings is 2. The summed E-state index contributed by atoms with van der Waals surface area (Å²) < 4.78 is 0. The molecule has 2 aliphatic rings. The number of carbonyl (C=O) groups is 2. The maximum absolute atomic E-state index is 12.8. The topological polar surface area (TPSA) is 69.3 Å². The van der Waals surface area contributed by atoms with Gasteiger partial charge in [0, 0.05) is 37.5 Å². The van der Waals surface area contributed by atoms with Crippen LogP contribution in [0.5, 0.6) is 0 Å². The van der Waals surface area contributed by atoms with Gasteiger partial charge in [-0.3, -0.25) is 14.7 Å². The van der Waals surface area contributed by atoms with E-state index in [2.05, 4.69) is 47.5 Å². The molecule has 2 amide bonds. The molecule has 0 radical (unpaired) electrons. The molecular weight excluding hydrogens is 352 g/mol. The van der Waals surface area contributed by atoms with E-state index in [0.717, 1.165) is 27.6 Å².